The van der Waals surface area contributed by atoms with Crippen LogP contribution in [0, 0.1) is 0 Å². The molecule has 114 valence electrons. The number of aromatic nitrogens is 1. The zero-order valence-electron chi connectivity index (χ0n) is 12.9. The molecule has 2 heterocycles. The van der Waals surface area contributed by atoms with Crippen LogP contribution in [0.3, 0.4) is 0 Å². The second kappa shape index (κ2) is 7.96. The highest BCUT2D eigenvalue weighted by molar-refractivity contribution is 7.15. The molecule has 4 nitrogen and oxygen atoms in total. The first-order chi connectivity index (χ1) is 9.70. The van der Waals surface area contributed by atoms with Crippen molar-refractivity contribution in [1.82, 2.24) is 10.3 Å². The third-order valence-electron chi connectivity index (χ3n) is 3.60. The van der Waals surface area contributed by atoms with Crippen LogP contribution in [0.5, 0.6) is 0 Å². The maximum atomic E-state index is 5.30. The summed E-state index contributed by atoms with van der Waals surface area (Å²) in [5.74, 6) is 0. The molecule has 1 aromatic heterocycles. The van der Waals surface area contributed by atoms with Crippen LogP contribution in [-0.4, -0.2) is 31.2 Å². The van der Waals surface area contributed by atoms with Gasteiger partial charge < -0.3 is 15.0 Å². The lowest BCUT2D eigenvalue weighted by atomic mass is 10.2. The van der Waals surface area contributed by atoms with E-state index in [9.17, 15) is 0 Å². The smallest absolute Gasteiger partial charge is 0.185 e. The molecule has 0 atom stereocenters. The van der Waals surface area contributed by atoms with Crippen LogP contribution >= 0.6 is 11.3 Å². The largest absolute Gasteiger partial charge is 0.378 e. The van der Waals surface area contributed by atoms with Gasteiger partial charge >= 0.3 is 0 Å². The van der Waals surface area contributed by atoms with E-state index in [1.807, 2.05) is 11.3 Å². The molecular formula is C15H27N3OS. The number of nitrogens with one attached hydrogen (secondary N) is 1. The Morgan fingerprint density at radius 2 is 1.95 bits per heavy atom. The van der Waals surface area contributed by atoms with Crippen molar-refractivity contribution >= 4 is 16.5 Å². The highest BCUT2D eigenvalue weighted by Crippen LogP contribution is 2.28. The van der Waals surface area contributed by atoms with E-state index < -0.39 is 0 Å². The number of thiazole rings is 1. The molecule has 1 aliphatic heterocycles. The number of ether oxygens (including phenoxy) is 1. The topological polar surface area (TPSA) is 37.4 Å². The molecule has 0 radical (unpaired) electrons. The molecule has 1 aromatic rings. The van der Waals surface area contributed by atoms with Crippen LogP contribution < -0.4 is 10.2 Å². The Kier molecular flexibility index (Phi) is 6.26. The molecule has 0 bridgehead atoms. The van der Waals surface area contributed by atoms with E-state index in [1.165, 1.54) is 35.7 Å². The van der Waals surface area contributed by atoms with Gasteiger partial charge in [-0.1, -0.05) is 26.7 Å². The lowest BCUT2D eigenvalue weighted by molar-refractivity contribution is 0.181. The van der Waals surface area contributed by atoms with Gasteiger partial charge in [-0.2, -0.15) is 0 Å². The van der Waals surface area contributed by atoms with E-state index in [0.29, 0.717) is 12.6 Å². The Balaban J connectivity index is 2.09. The summed E-state index contributed by atoms with van der Waals surface area (Å²) in [7, 11) is 1.74. The molecule has 0 aromatic carbocycles. The fraction of sp³-hybridized carbons (Fsp3) is 0.800. The van der Waals surface area contributed by atoms with E-state index in [0.717, 1.165) is 25.3 Å². The molecule has 20 heavy (non-hydrogen) atoms. The zero-order valence-corrected chi connectivity index (χ0v) is 13.8. The summed E-state index contributed by atoms with van der Waals surface area (Å²) >= 11 is 1.83. The fourth-order valence-electron chi connectivity index (χ4n) is 2.45. The van der Waals surface area contributed by atoms with Crippen LogP contribution in [-0.2, 0) is 17.9 Å². The van der Waals surface area contributed by atoms with Gasteiger partial charge in [0.1, 0.15) is 0 Å². The fourth-order valence-corrected chi connectivity index (χ4v) is 3.52. The highest BCUT2D eigenvalue weighted by atomic mass is 32.1. The minimum Gasteiger partial charge on any atom is -0.378 e. The average molecular weight is 297 g/mol. The van der Waals surface area contributed by atoms with Gasteiger partial charge in [-0.15, -0.1) is 11.3 Å². The summed E-state index contributed by atoms with van der Waals surface area (Å²) in [5.41, 5.74) is 1.10. The van der Waals surface area contributed by atoms with Crippen molar-refractivity contribution in [3.05, 3.63) is 10.6 Å². The van der Waals surface area contributed by atoms with Gasteiger partial charge in [0, 0.05) is 37.7 Å². The van der Waals surface area contributed by atoms with Gasteiger partial charge in [-0.05, 0) is 12.8 Å². The molecule has 1 fully saturated rings. The number of anilines is 1. The number of hydrogen-bond donors (Lipinski definition) is 1. The van der Waals surface area contributed by atoms with Gasteiger partial charge in [-0.3, -0.25) is 0 Å². The summed E-state index contributed by atoms with van der Waals surface area (Å²) in [6, 6.07) is 0.495. The van der Waals surface area contributed by atoms with Crippen LogP contribution in [0.4, 0.5) is 5.13 Å². The quantitative estimate of drug-likeness (QED) is 0.875. The number of methoxy groups -OCH3 is 1. The molecule has 0 spiro atoms. The van der Waals surface area contributed by atoms with Crippen molar-refractivity contribution in [3.63, 3.8) is 0 Å². The molecule has 0 unspecified atom stereocenters. The monoisotopic (exact) mass is 297 g/mol. The Morgan fingerprint density at radius 3 is 2.55 bits per heavy atom. The summed E-state index contributed by atoms with van der Waals surface area (Å²) in [6.07, 6.45) is 5.29. The Morgan fingerprint density at radius 1 is 1.25 bits per heavy atom. The predicted molar refractivity (Wildman–Crippen MR) is 85.5 cm³/mol. The second-order valence-corrected chi connectivity index (χ2v) is 6.80. The molecular weight excluding hydrogens is 270 g/mol. The molecule has 1 N–H and O–H groups in total. The van der Waals surface area contributed by atoms with Crippen molar-refractivity contribution < 1.29 is 4.74 Å². The highest BCUT2D eigenvalue weighted by Gasteiger charge is 2.17. The van der Waals surface area contributed by atoms with Crippen molar-refractivity contribution in [2.45, 2.75) is 58.7 Å². The van der Waals surface area contributed by atoms with Gasteiger partial charge in [0.05, 0.1) is 12.3 Å². The Bertz CT molecular complexity index is 398. The summed E-state index contributed by atoms with van der Waals surface area (Å²) in [6.45, 7) is 8.15. The van der Waals surface area contributed by atoms with Crippen LogP contribution in [0.2, 0.25) is 0 Å². The number of hydrogen-bond acceptors (Lipinski definition) is 5. The van der Waals surface area contributed by atoms with Crippen molar-refractivity contribution in [3.8, 4) is 0 Å². The van der Waals surface area contributed by atoms with Crippen LogP contribution in [0.1, 0.15) is 50.1 Å². The van der Waals surface area contributed by atoms with E-state index in [2.05, 4.69) is 24.1 Å². The average Bonchev–Trinajstić information content (AvgIpc) is 2.64. The molecule has 0 aliphatic carbocycles. The van der Waals surface area contributed by atoms with Gasteiger partial charge in [0.25, 0.3) is 0 Å². The van der Waals surface area contributed by atoms with E-state index in [4.69, 9.17) is 9.72 Å². The van der Waals surface area contributed by atoms with Gasteiger partial charge in [-0.25, -0.2) is 4.98 Å². The molecule has 0 amide bonds. The van der Waals surface area contributed by atoms with Crippen molar-refractivity contribution in [2.24, 2.45) is 0 Å². The third kappa shape index (κ3) is 4.43. The lowest BCUT2D eigenvalue weighted by Gasteiger charge is -2.18. The van der Waals surface area contributed by atoms with Crippen molar-refractivity contribution in [2.75, 3.05) is 25.1 Å². The second-order valence-electron chi connectivity index (χ2n) is 5.74. The van der Waals surface area contributed by atoms with E-state index in [1.54, 1.807) is 7.11 Å². The maximum absolute atomic E-state index is 5.30. The van der Waals surface area contributed by atoms with Crippen molar-refractivity contribution in [1.29, 1.82) is 0 Å². The zero-order chi connectivity index (χ0) is 14.4. The van der Waals surface area contributed by atoms with Gasteiger partial charge in [0.15, 0.2) is 5.13 Å². The number of rotatable bonds is 6. The lowest BCUT2D eigenvalue weighted by Crippen LogP contribution is -2.23. The first-order valence-electron chi connectivity index (χ1n) is 7.66. The molecule has 1 saturated heterocycles. The molecule has 5 heteroatoms. The minimum atomic E-state index is 0.495. The van der Waals surface area contributed by atoms with E-state index >= 15 is 0 Å². The standard InChI is InChI=1S/C15H27N3OS/c1-12(2)16-10-14-13(11-19-3)17-15(20-14)18-8-6-4-5-7-9-18/h12,16H,4-11H2,1-3H3. The normalized spacial score (nSPS) is 16.7. The molecule has 1 aliphatic rings. The molecule has 0 saturated carbocycles. The third-order valence-corrected chi connectivity index (χ3v) is 4.75. The Labute approximate surface area is 126 Å². The first kappa shape index (κ1) is 15.7. The number of nitrogens with zero attached hydrogens (tertiary/aromatic N) is 2. The predicted octanol–water partition coefficient (Wildman–Crippen LogP) is 3.17. The first-order valence-corrected chi connectivity index (χ1v) is 8.48. The molecule has 2 rings (SSSR count). The Hall–Kier alpha value is -0.650. The van der Waals surface area contributed by atoms with Crippen LogP contribution in [0.15, 0.2) is 0 Å². The summed E-state index contributed by atoms with van der Waals surface area (Å²) < 4.78 is 5.30. The van der Waals surface area contributed by atoms with Crippen LogP contribution in [0.25, 0.3) is 0 Å². The SMILES string of the molecule is COCc1nc(N2CCCCCC2)sc1CNC(C)C. The summed E-state index contributed by atoms with van der Waals surface area (Å²) in [4.78, 5) is 8.60. The summed E-state index contributed by atoms with van der Waals surface area (Å²) in [5, 5.41) is 4.67. The van der Waals surface area contributed by atoms with Gasteiger partial charge in [0.2, 0.25) is 0 Å². The van der Waals surface area contributed by atoms with E-state index in [-0.39, 0.29) is 0 Å². The minimum absolute atomic E-state index is 0.495. The maximum Gasteiger partial charge on any atom is 0.185 e.